The molecule has 0 bridgehead atoms. The van der Waals surface area contributed by atoms with Crippen LogP contribution in [0.15, 0.2) is 66.7 Å². The Bertz CT molecular complexity index is 1250. The van der Waals surface area contributed by atoms with Crippen LogP contribution >= 0.6 is 23.4 Å². The molecule has 1 atom stereocenters. The number of hydrogen-bond acceptors (Lipinski definition) is 4. The second kappa shape index (κ2) is 8.43. The average molecular weight is 479 g/mol. The number of anilines is 1. The van der Waals surface area contributed by atoms with Gasteiger partial charge in [-0.2, -0.15) is 0 Å². The molecule has 33 heavy (non-hydrogen) atoms. The smallest absolute Gasteiger partial charge is 0.268 e. The maximum absolute atomic E-state index is 14.1. The summed E-state index contributed by atoms with van der Waals surface area (Å²) in [4.78, 5) is 30.1. The quantitative estimate of drug-likeness (QED) is 0.514. The van der Waals surface area contributed by atoms with Gasteiger partial charge in [-0.05, 0) is 48.9 Å². The predicted molar refractivity (Wildman–Crippen MR) is 132 cm³/mol. The third kappa shape index (κ3) is 3.49. The van der Waals surface area contributed by atoms with Gasteiger partial charge in [-0.15, -0.1) is 11.8 Å². The first-order valence-electron chi connectivity index (χ1n) is 10.7. The Labute approximate surface area is 202 Å². The number of rotatable bonds is 4. The van der Waals surface area contributed by atoms with E-state index in [4.69, 9.17) is 16.3 Å². The predicted octanol–water partition coefficient (Wildman–Crippen LogP) is 5.25. The SMILES string of the molecule is COc1ccc2c(c1)[C@@]1(SCCN1C(=O)c1ccc(C)cc1)C(=O)N2Cc1ccccc1Cl. The molecule has 1 fully saturated rings. The standard InChI is InChI=1S/C26H23ClN2O3S/c1-17-7-9-18(10-8-17)24(30)29-13-14-33-26(29)21-15-20(32-2)11-12-23(21)28(25(26)31)16-19-5-3-4-6-22(19)27/h3-12,15H,13-14,16H2,1-2H3/t26-/m1/s1. The first-order valence-corrected chi connectivity index (χ1v) is 12.1. The average Bonchev–Trinajstić information content (AvgIpc) is 3.37. The lowest BCUT2D eigenvalue weighted by Gasteiger charge is -2.33. The summed E-state index contributed by atoms with van der Waals surface area (Å²) in [6.45, 7) is 2.80. The molecule has 2 aliphatic heterocycles. The largest absolute Gasteiger partial charge is 0.497 e. The van der Waals surface area contributed by atoms with Crippen molar-refractivity contribution in [3.8, 4) is 5.75 Å². The highest BCUT2D eigenvalue weighted by Crippen LogP contribution is 2.55. The first-order chi connectivity index (χ1) is 16.0. The van der Waals surface area contributed by atoms with Crippen LogP contribution < -0.4 is 9.64 Å². The monoisotopic (exact) mass is 478 g/mol. The van der Waals surface area contributed by atoms with E-state index in [1.54, 1.807) is 16.9 Å². The lowest BCUT2D eigenvalue weighted by Crippen LogP contribution is -2.50. The number of amides is 2. The van der Waals surface area contributed by atoms with Gasteiger partial charge in [0.2, 0.25) is 0 Å². The van der Waals surface area contributed by atoms with Gasteiger partial charge in [0.1, 0.15) is 5.75 Å². The van der Waals surface area contributed by atoms with Crippen LogP contribution in [-0.2, 0) is 16.2 Å². The molecule has 2 aliphatic rings. The van der Waals surface area contributed by atoms with Gasteiger partial charge < -0.3 is 14.5 Å². The van der Waals surface area contributed by atoms with E-state index in [1.165, 1.54) is 11.8 Å². The third-order valence-electron chi connectivity index (χ3n) is 6.23. The van der Waals surface area contributed by atoms with Gasteiger partial charge in [0.05, 0.1) is 19.3 Å². The Morgan fingerprint density at radius 2 is 1.88 bits per heavy atom. The molecular weight excluding hydrogens is 456 g/mol. The van der Waals surface area contributed by atoms with Crippen molar-refractivity contribution in [2.75, 3.05) is 24.3 Å². The Kier molecular flexibility index (Phi) is 5.59. The number of hydrogen-bond donors (Lipinski definition) is 0. The summed E-state index contributed by atoms with van der Waals surface area (Å²) in [5, 5.41) is 0.605. The molecule has 5 nitrogen and oxygen atoms in total. The van der Waals surface area contributed by atoms with E-state index in [-0.39, 0.29) is 11.8 Å². The Morgan fingerprint density at radius 1 is 1.12 bits per heavy atom. The molecule has 3 aromatic rings. The van der Waals surface area contributed by atoms with E-state index >= 15 is 0 Å². The van der Waals surface area contributed by atoms with E-state index in [0.29, 0.717) is 35.2 Å². The fourth-order valence-electron chi connectivity index (χ4n) is 4.53. The summed E-state index contributed by atoms with van der Waals surface area (Å²) in [7, 11) is 1.60. The second-order valence-corrected chi connectivity index (χ2v) is 9.88. The topological polar surface area (TPSA) is 49.9 Å². The highest BCUT2D eigenvalue weighted by Gasteiger charge is 2.59. The molecule has 168 valence electrons. The molecule has 1 saturated heterocycles. The van der Waals surface area contributed by atoms with Crippen LogP contribution in [0.4, 0.5) is 5.69 Å². The summed E-state index contributed by atoms with van der Waals surface area (Å²) >= 11 is 7.92. The van der Waals surface area contributed by atoms with Crippen LogP contribution in [0.1, 0.15) is 27.0 Å². The van der Waals surface area contributed by atoms with Crippen LogP contribution in [0.5, 0.6) is 5.75 Å². The minimum Gasteiger partial charge on any atom is -0.497 e. The zero-order valence-corrected chi connectivity index (χ0v) is 19.9. The van der Waals surface area contributed by atoms with E-state index < -0.39 is 4.87 Å². The number of carbonyl (C=O) groups excluding carboxylic acids is 2. The van der Waals surface area contributed by atoms with E-state index in [0.717, 1.165) is 22.4 Å². The lowest BCUT2D eigenvalue weighted by molar-refractivity contribution is -0.123. The van der Waals surface area contributed by atoms with E-state index in [2.05, 4.69) is 0 Å². The molecule has 0 saturated carbocycles. The van der Waals surface area contributed by atoms with Gasteiger partial charge >= 0.3 is 0 Å². The zero-order valence-electron chi connectivity index (χ0n) is 18.4. The number of thioether (sulfide) groups is 1. The minimum atomic E-state index is -1.13. The second-order valence-electron chi connectivity index (χ2n) is 8.18. The maximum atomic E-state index is 14.1. The molecule has 3 aromatic carbocycles. The lowest BCUT2D eigenvalue weighted by atomic mass is 10.0. The third-order valence-corrected chi connectivity index (χ3v) is 8.02. The number of benzene rings is 3. The molecule has 0 unspecified atom stereocenters. The van der Waals surface area contributed by atoms with Gasteiger partial charge in [-0.1, -0.05) is 47.5 Å². The molecule has 2 heterocycles. The molecule has 7 heteroatoms. The van der Waals surface area contributed by atoms with Crippen LogP contribution in [0.3, 0.4) is 0 Å². The van der Waals surface area contributed by atoms with Gasteiger partial charge in [-0.3, -0.25) is 9.59 Å². The van der Waals surface area contributed by atoms with Crippen molar-refractivity contribution in [3.05, 3.63) is 94.0 Å². The first kappa shape index (κ1) is 21.9. The van der Waals surface area contributed by atoms with Crippen LogP contribution in [0.2, 0.25) is 5.02 Å². The molecule has 1 spiro atoms. The molecule has 0 N–H and O–H groups in total. The van der Waals surface area contributed by atoms with Crippen molar-refractivity contribution in [2.45, 2.75) is 18.3 Å². The van der Waals surface area contributed by atoms with Gasteiger partial charge in [0, 0.05) is 28.4 Å². The number of nitrogens with zero attached hydrogens (tertiary/aromatic N) is 2. The summed E-state index contributed by atoms with van der Waals surface area (Å²) in [5.74, 6) is 1.03. The molecule has 2 amide bonds. The number of halogens is 1. The molecule has 5 rings (SSSR count). The minimum absolute atomic E-state index is 0.131. The maximum Gasteiger partial charge on any atom is 0.268 e. The normalized spacial score (nSPS) is 19.3. The fraction of sp³-hybridized carbons (Fsp3) is 0.231. The van der Waals surface area contributed by atoms with Crippen molar-refractivity contribution >= 4 is 40.9 Å². The van der Waals surface area contributed by atoms with Gasteiger partial charge in [0.15, 0.2) is 4.87 Å². The molecule has 0 radical (unpaired) electrons. The van der Waals surface area contributed by atoms with Crippen LogP contribution in [-0.4, -0.2) is 36.1 Å². The van der Waals surface area contributed by atoms with Crippen LogP contribution in [0.25, 0.3) is 0 Å². The zero-order chi connectivity index (χ0) is 23.2. The molecule has 0 aliphatic carbocycles. The number of carbonyl (C=O) groups is 2. The Balaban J connectivity index is 1.62. The van der Waals surface area contributed by atoms with Crippen LogP contribution in [0, 0.1) is 6.92 Å². The van der Waals surface area contributed by atoms with Gasteiger partial charge in [0.25, 0.3) is 11.8 Å². The summed E-state index contributed by atoms with van der Waals surface area (Å²) in [5.41, 5.74) is 4.06. The highest BCUT2D eigenvalue weighted by molar-refractivity contribution is 8.01. The number of aryl methyl sites for hydroxylation is 1. The van der Waals surface area contributed by atoms with Crippen molar-refractivity contribution in [1.29, 1.82) is 0 Å². The molecule has 0 aromatic heterocycles. The Morgan fingerprint density at radius 3 is 2.61 bits per heavy atom. The summed E-state index contributed by atoms with van der Waals surface area (Å²) < 4.78 is 5.48. The van der Waals surface area contributed by atoms with E-state index in [9.17, 15) is 9.59 Å². The fourth-order valence-corrected chi connectivity index (χ4v) is 6.17. The number of methoxy groups -OCH3 is 1. The van der Waals surface area contributed by atoms with Crippen molar-refractivity contribution in [3.63, 3.8) is 0 Å². The highest BCUT2D eigenvalue weighted by atomic mass is 35.5. The van der Waals surface area contributed by atoms with Gasteiger partial charge in [-0.25, -0.2) is 0 Å². The Hall–Kier alpha value is -2.96. The van der Waals surface area contributed by atoms with Crippen molar-refractivity contribution in [2.24, 2.45) is 0 Å². The number of ether oxygens (including phenoxy) is 1. The summed E-state index contributed by atoms with van der Waals surface area (Å²) in [6.07, 6.45) is 0. The summed E-state index contributed by atoms with van der Waals surface area (Å²) in [6, 6.07) is 20.6. The molecular formula is C26H23ClN2O3S. The van der Waals surface area contributed by atoms with Crippen molar-refractivity contribution in [1.82, 2.24) is 4.90 Å². The number of fused-ring (bicyclic) bond motifs is 2. The van der Waals surface area contributed by atoms with Crippen molar-refractivity contribution < 1.29 is 14.3 Å². The van der Waals surface area contributed by atoms with E-state index in [1.807, 2.05) is 73.7 Å².